The molecule has 0 saturated carbocycles. The first kappa shape index (κ1) is 46.8. The number of hydrogen-bond acceptors (Lipinski definition) is 12. The van der Waals surface area contributed by atoms with Crippen molar-refractivity contribution in [2.75, 3.05) is 6.54 Å². The fourth-order valence-electron chi connectivity index (χ4n) is 6.70. The highest BCUT2D eigenvalue weighted by Crippen LogP contribution is 2.21. The molecular weight excluding hydrogens is 798 g/mol. The number of carboxylic acids is 2. The molecule has 12 N–H and O–H groups in total. The first-order chi connectivity index (χ1) is 28.9. The zero-order valence-corrected chi connectivity index (χ0v) is 33.9. The number of aromatic amines is 2. The lowest BCUT2D eigenvalue weighted by molar-refractivity contribution is -0.147. The molecule has 0 radical (unpaired) electrons. The fourth-order valence-corrected chi connectivity index (χ4v) is 6.70. The Morgan fingerprint density at radius 1 is 0.754 bits per heavy atom. The van der Waals surface area contributed by atoms with Crippen molar-refractivity contribution in [3.05, 3.63) is 66.3 Å². The third-order valence-electron chi connectivity index (χ3n) is 9.86. The average Bonchev–Trinajstić information content (AvgIpc) is 4.01. The molecule has 1 saturated heterocycles. The van der Waals surface area contributed by atoms with Crippen LogP contribution in [0.3, 0.4) is 0 Å². The Balaban J connectivity index is 1.46. The summed E-state index contributed by atoms with van der Waals surface area (Å²) in [5.74, 6) is -7.58. The molecule has 4 rings (SSSR count). The number of aromatic nitrogens is 4. The second-order valence-corrected chi connectivity index (χ2v) is 15.3. The third kappa shape index (κ3) is 14.2. The van der Waals surface area contributed by atoms with Crippen molar-refractivity contribution >= 4 is 47.4 Å². The molecule has 2 aromatic heterocycles. The lowest BCUT2D eigenvalue weighted by atomic mass is 10.0. The lowest BCUT2D eigenvalue weighted by Gasteiger charge is -2.31. The van der Waals surface area contributed by atoms with E-state index in [1.165, 1.54) is 49.0 Å². The molecule has 0 unspecified atom stereocenters. The van der Waals surface area contributed by atoms with Gasteiger partial charge in [-0.25, -0.2) is 14.8 Å². The highest BCUT2D eigenvalue weighted by molar-refractivity contribution is 5.97. The van der Waals surface area contributed by atoms with Gasteiger partial charge in [-0.2, -0.15) is 0 Å². The number of aliphatic carboxylic acids is 2. The molecule has 1 aliphatic heterocycles. The predicted octanol–water partition coefficient (Wildman–Crippen LogP) is -1.77. The molecule has 1 aromatic carbocycles. The molecule has 3 aromatic rings. The van der Waals surface area contributed by atoms with Crippen molar-refractivity contribution in [1.82, 2.24) is 51.4 Å². The monoisotopic (exact) mass is 851 g/mol. The Morgan fingerprint density at radius 2 is 1.33 bits per heavy atom. The number of carboxylic acid groups (broad SMARTS) is 2. The van der Waals surface area contributed by atoms with E-state index in [1.54, 1.807) is 26.0 Å². The van der Waals surface area contributed by atoms with E-state index >= 15 is 0 Å². The molecular formula is C39H53N11O11. The van der Waals surface area contributed by atoms with Crippen molar-refractivity contribution in [2.24, 2.45) is 11.7 Å². The Bertz CT molecular complexity index is 1990. The van der Waals surface area contributed by atoms with E-state index in [-0.39, 0.29) is 50.3 Å². The summed E-state index contributed by atoms with van der Waals surface area (Å²) in [5, 5.41) is 40.8. The number of nitrogens with one attached hydrogen (secondary N) is 7. The smallest absolute Gasteiger partial charge is 0.326 e. The van der Waals surface area contributed by atoms with E-state index < -0.39 is 96.1 Å². The van der Waals surface area contributed by atoms with E-state index in [2.05, 4.69) is 46.5 Å². The summed E-state index contributed by atoms with van der Waals surface area (Å²) in [6, 6.07) is -2.78. The van der Waals surface area contributed by atoms with Gasteiger partial charge in [0.15, 0.2) is 0 Å². The molecule has 0 bridgehead atoms. The minimum absolute atomic E-state index is 0.0423. The van der Waals surface area contributed by atoms with Gasteiger partial charge in [0.25, 0.3) is 0 Å². The van der Waals surface area contributed by atoms with E-state index in [1.807, 2.05) is 0 Å². The summed E-state index contributed by atoms with van der Waals surface area (Å²) >= 11 is 0. The van der Waals surface area contributed by atoms with Gasteiger partial charge in [0.1, 0.15) is 42.0 Å². The standard InChI is InChI=1S/C39H53N11O11/c1-20(2)11-27(36(57)49-30(39(60)61)15-32(52)53)47-37(58)31-5-4-10-50(31)38(59)29(14-24-17-42-19-44-24)48-33(54)21(3)45-35(56)28(13-23-16-41-18-43-23)46-34(55)26(40)12-22-6-8-25(51)9-7-22/h6-9,16-21,26-31,51H,4-5,10-15,40H2,1-3H3,(H,41,43)(H,42,44)(H,45,56)(H,46,55)(H,47,58)(H,48,54)(H,49,57)(H,52,53)(H,60,61)/t21-,26-,27-,28-,29-,30-,31-/m0/s1. The van der Waals surface area contributed by atoms with Gasteiger partial charge < -0.3 is 62.5 Å². The molecule has 1 aliphatic rings. The minimum atomic E-state index is -1.75. The number of phenolic OH excluding ortho intramolecular Hbond substituents is 1. The van der Waals surface area contributed by atoms with E-state index in [0.717, 1.165) is 0 Å². The quantitative estimate of drug-likeness (QED) is 0.0534. The molecule has 22 heteroatoms. The minimum Gasteiger partial charge on any atom is -0.508 e. The number of hydrogen-bond donors (Lipinski definition) is 11. The van der Waals surface area contributed by atoms with E-state index in [9.17, 15) is 48.6 Å². The molecule has 0 spiro atoms. The normalized spacial score (nSPS) is 16.6. The number of rotatable bonds is 22. The van der Waals surface area contributed by atoms with E-state index in [0.29, 0.717) is 23.4 Å². The molecule has 7 atom stereocenters. The summed E-state index contributed by atoms with van der Waals surface area (Å²) < 4.78 is 0. The second kappa shape index (κ2) is 22.0. The van der Waals surface area contributed by atoms with Gasteiger partial charge >= 0.3 is 11.9 Å². The second-order valence-electron chi connectivity index (χ2n) is 15.3. The Labute approximate surface area is 350 Å². The van der Waals surface area contributed by atoms with Gasteiger partial charge in [-0.1, -0.05) is 26.0 Å². The van der Waals surface area contributed by atoms with Gasteiger partial charge in [-0.3, -0.25) is 33.6 Å². The summed E-state index contributed by atoms with van der Waals surface area (Å²) in [4.78, 5) is 119. The summed E-state index contributed by atoms with van der Waals surface area (Å²) in [7, 11) is 0. The number of likely N-dealkylation sites (tertiary alicyclic amines) is 1. The van der Waals surface area contributed by atoms with Gasteiger partial charge in [0, 0.05) is 43.2 Å². The van der Waals surface area contributed by atoms with Crippen molar-refractivity contribution in [3.63, 3.8) is 0 Å². The van der Waals surface area contributed by atoms with Gasteiger partial charge in [0.2, 0.25) is 35.4 Å². The maximum Gasteiger partial charge on any atom is 0.326 e. The maximum absolute atomic E-state index is 14.2. The molecule has 3 heterocycles. The third-order valence-corrected chi connectivity index (χ3v) is 9.86. The Kier molecular flexibility index (Phi) is 16.9. The number of nitrogens with zero attached hydrogens (tertiary/aromatic N) is 3. The fraction of sp³-hybridized carbons (Fsp3) is 0.487. The SMILES string of the molecule is CC(C)C[C@H](NC(=O)[C@@H]1CCCN1C(=O)[C@H](Cc1cnc[nH]1)NC(=O)[C@H](C)NC(=O)[C@H](Cc1cnc[nH]1)NC(=O)[C@@H](N)Cc1ccc(O)cc1)C(=O)N[C@@H](CC(=O)O)C(=O)O. The maximum atomic E-state index is 14.2. The highest BCUT2D eigenvalue weighted by Gasteiger charge is 2.40. The number of amides is 6. The molecule has 330 valence electrons. The van der Waals surface area contributed by atoms with Crippen LogP contribution in [0.4, 0.5) is 0 Å². The number of aromatic hydroxyl groups is 1. The van der Waals surface area contributed by atoms with Crippen LogP contribution < -0.4 is 32.3 Å². The van der Waals surface area contributed by atoms with Crippen LogP contribution in [-0.4, -0.2) is 136 Å². The number of benzene rings is 1. The molecule has 1 fully saturated rings. The Hall–Kier alpha value is -6.84. The number of nitrogens with two attached hydrogens (primary N) is 1. The Morgan fingerprint density at radius 3 is 1.89 bits per heavy atom. The van der Waals surface area contributed by atoms with Gasteiger partial charge in [0.05, 0.1) is 25.1 Å². The van der Waals surface area contributed by atoms with Crippen LogP contribution in [0.25, 0.3) is 0 Å². The molecule has 61 heavy (non-hydrogen) atoms. The van der Waals surface area contributed by atoms with E-state index in [4.69, 9.17) is 10.8 Å². The number of imidazole rings is 2. The largest absolute Gasteiger partial charge is 0.508 e. The molecule has 22 nitrogen and oxygen atoms in total. The number of carbonyl (C=O) groups excluding carboxylic acids is 6. The van der Waals surface area contributed by atoms with Crippen LogP contribution in [0, 0.1) is 5.92 Å². The number of carbonyl (C=O) groups is 8. The topological polar surface area (TPSA) is 344 Å². The van der Waals surface area contributed by atoms with Crippen LogP contribution in [0.2, 0.25) is 0 Å². The van der Waals surface area contributed by atoms with Crippen LogP contribution in [-0.2, 0) is 57.6 Å². The van der Waals surface area contributed by atoms with Crippen LogP contribution >= 0.6 is 0 Å². The first-order valence-electron chi connectivity index (χ1n) is 19.7. The zero-order valence-electron chi connectivity index (χ0n) is 33.9. The van der Waals surface area contributed by atoms with Crippen molar-refractivity contribution in [1.29, 1.82) is 0 Å². The lowest BCUT2D eigenvalue weighted by Crippen LogP contribution is -2.59. The molecule has 6 amide bonds. The van der Waals surface area contributed by atoms with Crippen molar-refractivity contribution in [3.8, 4) is 5.75 Å². The van der Waals surface area contributed by atoms with Gasteiger partial charge in [-0.15, -0.1) is 0 Å². The number of phenols is 1. The number of H-pyrrole nitrogens is 2. The van der Waals surface area contributed by atoms with Crippen molar-refractivity contribution < 1.29 is 53.7 Å². The van der Waals surface area contributed by atoms with Crippen LogP contribution in [0.15, 0.2) is 49.3 Å². The summed E-state index contributed by atoms with van der Waals surface area (Å²) in [5.41, 5.74) is 7.79. The average molecular weight is 852 g/mol. The van der Waals surface area contributed by atoms with Crippen LogP contribution in [0.5, 0.6) is 5.75 Å². The predicted molar refractivity (Wildman–Crippen MR) is 214 cm³/mol. The first-order valence-corrected chi connectivity index (χ1v) is 19.7. The molecule has 0 aliphatic carbocycles. The summed E-state index contributed by atoms with van der Waals surface area (Å²) in [6.45, 7) is 5.03. The summed E-state index contributed by atoms with van der Waals surface area (Å²) in [6.07, 6.45) is 5.43. The van der Waals surface area contributed by atoms with Gasteiger partial charge in [-0.05, 0) is 56.2 Å². The van der Waals surface area contributed by atoms with Crippen LogP contribution in [0.1, 0.15) is 63.4 Å². The highest BCUT2D eigenvalue weighted by atomic mass is 16.4. The van der Waals surface area contributed by atoms with Crippen molar-refractivity contribution in [2.45, 2.75) is 108 Å². The zero-order chi connectivity index (χ0) is 44.8.